The highest BCUT2D eigenvalue weighted by molar-refractivity contribution is 7.89. The molecule has 0 radical (unpaired) electrons. The van der Waals surface area contributed by atoms with E-state index in [0.717, 1.165) is 4.47 Å². The SMILES string of the molecule is CCCN(OC)S(=O)(=O)c1c(C)cccc1N. The van der Waals surface area contributed by atoms with Crippen molar-refractivity contribution in [1.82, 2.24) is 4.47 Å². The van der Waals surface area contributed by atoms with Crippen molar-refractivity contribution in [1.29, 1.82) is 0 Å². The summed E-state index contributed by atoms with van der Waals surface area (Å²) < 4.78 is 25.6. The summed E-state index contributed by atoms with van der Waals surface area (Å²) in [5.74, 6) is 0. The van der Waals surface area contributed by atoms with E-state index in [9.17, 15) is 8.42 Å². The molecule has 17 heavy (non-hydrogen) atoms. The van der Waals surface area contributed by atoms with Gasteiger partial charge < -0.3 is 5.73 Å². The highest BCUT2D eigenvalue weighted by Gasteiger charge is 2.27. The highest BCUT2D eigenvalue weighted by atomic mass is 32.2. The van der Waals surface area contributed by atoms with Crippen molar-refractivity contribution >= 4 is 15.7 Å². The van der Waals surface area contributed by atoms with Crippen LogP contribution >= 0.6 is 0 Å². The second-order valence-electron chi connectivity index (χ2n) is 3.71. The number of hydroxylamine groups is 1. The number of anilines is 1. The Morgan fingerprint density at radius 3 is 2.53 bits per heavy atom. The van der Waals surface area contributed by atoms with Crippen molar-refractivity contribution in [2.75, 3.05) is 19.4 Å². The van der Waals surface area contributed by atoms with E-state index in [0.29, 0.717) is 18.5 Å². The first-order valence-electron chi connectivity index (χ1n) is 5.37. The molecule has 0 aromatic heterocycles. The van der Waals surface area contributed by atoms with Gasteiger partial charge in [-0.2, -0.15) is 0 Å². The molecule has 96 valence electrons. The molecule has 6 heteroatoms. The van der Waals surface area contributed by atoms with Crippen molar-refractivity contribution < 1.29 is 13.3 Å². The second kappa shape index (κ2) is 5.48. The summed E-state index contributed by atoms with van der Waals surface area (Å²) in [6, 6.07) is 5.00. The topological polar surface area (TPSA) is 72.6 Å². The Bertz CT molecular complexity index is 465. The largest absolute Gasteiger partial charge is 0.398 e. The van der Waals surface area contributed by atoms with E-state index in [2.05, 4.69) is 0 Å². The molecule has 2 N–H and O–H groups in total. The molecule has 1 rings (SSSR count). The van der Waals surface area contributed by atoms with Gasteiger partial charge in [0.1, 0.15) is 4.90 Å². The maximum atomic E-state index is 12.3. The number of sulfonamides is 1. The fourth-order valence-electron chi connectivity index (χ4n) is 1.62. The van der Waals surface area contributed by atoms with Crippen molar-refractivity contribution in [2.45, 2.75) is 25.2 Å². The lowest BCUT2D eigenvalue weighted by Gasteiger charge is -2.20. The summed E-state index contributed by atoms with van der Waals surface area (Å²) in [6.07, 6.45) is 0.666. The van der Waals surface area contributed by atoms with Crippen molar-refractivity contribution in [2.24, 2.45) is 0 Å². The summed E-state index contributed by atoms with van der Waals surface area (Å²) in [5, 5.41) is 0. The monoisotopic (exact) mass is 258 g/mol. The molecule has 1 aromatic rings. The van der Waals surface area contributed by atoms with Gasteiger partial charge in [0, 0.05) is 6.54 Å². The molecule has 0 aliphatic carbocycles. The van der Waals surface area contributed by atoms with Gasteiger partial charge in [0.15, 0.2) is 0 Å². The molecule has 0 saturated heterocycles. The lowest BCUT2D eigenvalue weighted by molar-refractivity contribution is -0.0482. The molecule has 1 aromatic carbocycles. The Kier molecular flexibility index (Phi) is 4.50. The molecule has 0 fully saturated rings. The average Bonchev–Trinajstić information content (AvgIpc) is 2.24. The number of benzene rings is 1. The molecule has 0 spiro atoms. The fraction of sp³-hybridized carbons (Fsp3) is 0.455. The van der Waals surface area contributed by atoms with E-state index in [-0.39, 0.29) is 10.6 Å². The maximum Gasteiger partial charge on any atom is 0.267 e. The van der Waals surface area contributed by atoms with Gasteiger partial charge in [-0.1, -0.05) is 23.5 Å². The maximum absolute atomic E-state index is 12.3. The molecule has 0 aliphatic heterocycles. The minimum absolute atomic E-state index is 0.121. The lowest BCUT2D eigenvalue weighted by atomic mass is 10.2. The minimum atomic E-state index is -3.69. The number of hydrogen-bond acceptors (Lipinski definition) is 4. The zero-order valence-corrected chi connectivity index (χ0v) is 11.1. The summed E-state index contributed by atoms with van der Waals surface area (Å²) in [6.45, 7) is 3.89. The Balaban J connectivity index is 3.30. The molecular weight excluding hydrogens is 240 g/mol. The first kappa shape index (κ1) is 14.0. The predicted octanol–water partition coefficient (Wildman–Crippen LogP) is 1.54. The second-order valence-corrected chi connectivity index (χ2v) is 5.47. The van der Waals surface area contributed by atoms with Gasteiger partial charge in [-0.25, -0.2) is 8.42 Å². The van der Waals surface area contributed by atoms with E-state index in [1.165, 1.54) is 7.11 Å². The summed E-state index contributed by atoms with van der Waals surface area (Å²) in [5.41, 5.74) is 6.59. The first-order valence-corrected chi connectivity index (χ1v) is 6.81. The van der Waals surface area contributed by atoms with Crippen LogP contribution in [0.25, 0.3) is 0 Å². The van der Waals surface area contributed by atoms with Crippen LogP contribution in [-0.2, 0) is 14.9 Å². The van der Waals surface area contributed by atoms with Crippen LogP contribution in [-0.4, -0.2) is 26.5 Å². The molecule has 0 saturated carbocycles. The van der Waals surface area contributed by atoms with Crippen LogP contribution in [0, 0.1) is 6.92 Å². The van der Waals surface area contributed by atoms with Gasteiger partial charge in [-0.3, -0.25) is 4.84 Å². The predicted molar refractivity (Wildman–Crippen MR) is 66.8 cm³/mol. The Labute approximate surface area is 102 Å². The lowest BCUT2D eigenvalue weighted by Crippen LogP contribution is -2.31. The normalized spacial score (nSPS) is 12.0. The van der Waals surface area contributed by atoms with Crippen LogP contribution < -0.4 is 5.73 Å². The van der Waals surface area contributed by atoms with E-state index >= 15 is 0 Å². The Morgan fingerprint density at radius 2 is 2.06 bits per heavy atom. The Hall–Kier alpha value is -1.11. The third-order valence-corrected chi connectivity index (χ3v) is 4.32. The van der Waals surface area contributed by atoms with Crippen molar-refractivity contribution in [3.05, 3.63) is 23.8 Å². The van der Waals surface area contributed by atoms with Gasteiger partial charge in [-0.15, -0.1) is 0 Å². The summed E-state index contributed by atoms with van der Waals surface area (Å²) in [7, 11) is -2.35. The third-order valence-electron chi connectivity index (χ3n) is 2.38. The number of nitrogens with zero attached hydrogens (tertiary/aromatic N) is 1. The number of nitrogen functional groups attached to an aromatic ring is 1. The summed E-state index contributed by atoms with van der Waals surface area (Å²) >= 11 is 0. The number of aryl methyl sites for hydroxylation is 1. The molecule has 0 unspecified atom stereocenters. The van der Waals surface area contributed by atoms with Crippen molar-refractivity contribution in [3.63, 3.8) is 0 Å². The zero-order chi connectivity index (χ0) is 13.1. The number of nitrogens with two attached hydrogens (primary N) is 1. The van der Waals surface area contributed by atoms with E-state index in [4.69, 9.17) is 10.6 Å². The van der Waals surface area contributed by atoms with Gasteiger partial charge in [0.2, 0.25) is 0 Å². The summed E-state index contributed by atoms with van der Waals surface area (Å²) in [4.78, 5) is 5.03. The van der Waals surface area contributed by atoms with Crippen LogP contribution in [0.15, 0.2) is 23.1 Å². The van der Waals surface area contributed by atoms with Gasteiger partial charge in [0.05, 0.1) is 12.8 Å². The van der Waals surface area contributed by atoms with Gasteiger partial charge in [-0.05, 0) is 25.0 Å². The smallest absolute Gasteiger partial charge is 0.267 e. The molecule has 0 aliphatic rings. The van der Waals surface area contributed by atoms with Gasteiger partial charge in [0.25, 0.3) is 10.0 Å². The molecule has 0 heterocycles. The third kappa shape index (κ3) is 2.77. The van der Waals surface area contributed by atoms with Crippen LogP contribution in [0.2, 0.25) is 0 Å². The standard InChI is InChI=1S/C11H18N2O3S/c1-4-8-13(16-3)17(14,15)11-9(2)6-5-7-10(11)12/h5-7H,4,8,12H2,1-3H3. The minimum Gasteiger partial charge on any atom is -0.398 e. The molecular formula is C11H18N2O3S. The highest BCUT2D eigenvalue weighted by Crippen LogP contribution is 2.25. The van der Waals surface area contributed by atoms with Gasteiger partial charge >= 0.3 is 0 Å². The van der Waals surface area contributed by atoms with E-state index < -0.39 is 10.0 Å². The quantitative estimate of drug-likeness (QED) is 0.642. The molecule has 0 atom stereocenters. The van der Waals surface area contributed by atoms with Crippen LogP contribution in [0.4, 0.5) is 5.69 Å². The number of rotatable bonds is 5. The number of hydrogen-bond donors (Lipinski definition) is 1. The van der Waals surface area contributed by atoms with E-state index in [1.807, 2.05) is 6.92 Å². The van der Waals surface area contributed by atoms with Crippen LogP contribution in [0.1, 0.15) is 18.9 Å². The van der Waals surface area contributed by atoms with Crippen LogP contribution in [0.5, 0.6) is 0 Å². The molecule has 0 bridgehead atoms. The first-order chi connectivity index (χ1) is 7.95. The molecule has 5 nitrogen and oxygen atoms in total. The van der Waals surface area contributed by atoms with Crippen LogP contribution in [0.3, 0.4) is 0 Å². The zero-order valence-electron chi connectivity index (χ0n) is 10.3. The van der Waals surface area contributed by atoms with Crippen molar-refractivity contribution in [3.8, 4) is 0 Å². The van der Waals surface area contributed by atoms with E-state index in [1.54, 1.807) is 25.1 Å². The fourth-order valence-corrected chi connectivity index (χ4v) is 3.29. The average molecular weight is 258 g/mol. The molecule has 0 amide bonds. The Morgan fingerprint density at radius 1 is 1.41 bits per heavy atom.